The minimum absolute atomic E-state index is 0.245. The van der Waals surface area contributed by atoms with E-state index in [4.69, 9.17) is 9.84 Å². The molecule has 0 aliphatic carbocycles. The molecule has 1 aliphatic heterocycles. The monoisotopic (exact) mass is 159 g/mol. The summed E-state index contributed by atoms with van der Waals surface area (Å²) in [5.41, 5.74) is 0. The number of morpholine rings is 1. The molecule has 0 aromatic carbocycles. The maximum absolute atomic E-state index is 8.77. The molecule has 1 fully saturated rings. The topological polar surface area (TPSA) is 32.7 Å². The molecule has 0 aromatic heterocycles. The molecular weight excluding hydrogens is 142 g/mol. The van der Waals surface area contributed by atoms with Gasteiger partial charge in [-0.25, -0.2) is 0 Å². The lowest BCUT2D eigenvalue weighted by atomic mass is 10.2. The third-order valence-corrected chi connectivity index (χ3v) is 2.21. The van der Waals surface area contributed by atoms with Crippen LogP contribution >= 0.6 is 0 Å². The smallest absolute Gasteiger partial charge is 0.0620 e. The van der Waals surface area contributed by atoms with Crippen molar-refractivity contribution in [2.75, 3.05) is 26.4 Å². The first-order valence-corrected chi connectivity index (χ1v) is 4.20. The Morgan fingerprint density at radius 2 is 1.91 bits per heavy atom. The van der Waals surface area contributed by atoms with Crippen molar-refractivity contribution in [1.29, 1.82) is 0 Å². The van der Waals surface area contributed by atoms with E-state index in [0.29, 0.717) is 12.1 Å². The van der Waals surface area contributed by atoms with Crippen molar-refractivity contribution in [1.82, 2.24) is 4.90 Å². The van der Waals surface area contributed by atoms with Gasteiger partial charge in [-0.15, -0.1) is 0 Å². The largest absolute Gasteiger partial charge is 0.395 e. The Kier molecular flexibility index (Phi) is 3.30. The van der Waals surface area contributed by atoms with Crippen molar-refractivity contribution in [2.24, 2.45) is 0 Å². The second kappa shape index (κ2) is 4.04. The zero-order valence-electron chi connectivity index (χ0n) is 7.29. The Morgan fingerprint density at radius 1 is 1.36 bits per heavy atom. The summed E-state index contributed by atoms with van der Waals surface area (Å²) in [6.07, 6.45) is 0. The lowest BCUT2D eigenvalue weighted by Crippen LogP contribution is -2.50. The van der Waals surface area contributed by atoms with Gasteiger partial charge in [-0.2, -0.15) is 0 Å². The Labute approximate surface area is 68.0 Å². The minimum Gasteiger partial charge on any atom is -0.395 e. The molecule has 2 unspecified atom stereocenters. The Bertz CT molecular complexity index is 109. The normalized spacial score (nSPS) is 34.1. The summed E-state index contributed by atoms with van der Waals surface area (Å²) in [5.74, 6) is 0. The molecule has 0 amide bonds. The highest BCUT2D eigenvalue weighted by Crippen LogP contribution is 2.11. The molecule has 0 bridgehead atoms. The van der Waals surface area contributed by atoms with Crippen LogP contribution in [0.4, 0.5) is 0 Å². The van der Waals surface area contributed by atoms with Crippen molar-refractivity contribution in [3.63, 3.8) is 0 Å². The summed E-state index contributed by atoms with van der Waals surface area (Å²) >= 11 is 0. The number of nitrogens with zero attached hydrogens (tertiary/aromatic N) is 1. The molecule has 1 heterocycles. The van der Waals surface area contributed by atoms with Gasteiger partial charge < -0.3 is 9.84 Å². The molecule has 0 radical (unpaired) electrons. The summed E-state index contributed by atoms with van der Waals surface area (Å²) in [6, 6.07) is 0.900. The van der Waals surface area contributed by atoms with Gasteiger partial charge in [0.05, 0.1) is 19.8 Å². The van der Waals surface area contributed by atoms with Gasteiger partial charge in [0, 0.05) is 18.6 Å². The van der Waals surface area contributed by atoms with Gasteiger partial charge in [0.1, 0.15) is 0 Å². The zero-order chi connectivity index (χ0) is 8.27. The molecule has 11 heavy (non-hydrogen) atoms. The number of aliphatic hydroxyl groups is 1. The number of hydrogen-bond acceptors (Lipinski definition) is 3. The lowest BCUT2D eigenvalue weighted by Gasteiger charge is -2.38. The summed E-state index contributed by atoms with van der Waals surface area (Å²) < 4.78 is 5.35. The van der Waals surface area contributed by atoms with E-state index in [1.54, 1.807) is 0 Å². The van der Waals surface area contributed by atoms with E-state index in [9.17, 15) is 0 Å². The van der Waals surface area contributed by atoms with Gasteiger partial charge in [0.25, 0.3) is 0 Å². The average Bonchev–Trinajstić information content (AvgIpc) is 1.97. The number of β-amino-alcohol motifs (C(OH)–C–C–N with tert-alkyl or cyclic N) is 1. The van der Waals surface area contributed by atoms with Crippen molar-refractivity contribution >= 4 is 0 Å². The molecular formula is C8H17NO2. The van der Waals surface area contributed by atoms with Crippen LogP contribution in [-0.2, 0) is 4.74 Å². The van der Waals surface area contributed by atoms with E-state index in [-0.39, 0.29) is 6.61 Å². The second-order valence-electron chi connectivity index (χ2n) is 3.20. The number of ether oxygens (including phenoxy) is 1. The van der Waals surface area contributed by atoms with E-state index >= 15 is 0 Å². The zero-order valence-corrected chi connectivity index (χ0v) is 7.29. The van der Waals surface area contributed by atoms with Gasteiger partial charge in [-0.1, -0.05) is 0 Å². The third kappa shape index (κ3) is 2.15. The van der Waals surface area contributed by atoms with E-state index in [1.807, 2.05) is 0 Å². The lowest BCUT2D eigenvalue weighted by molar-refractivity contribution is -0.0419. The van der Waals surface area contributed by atoms with E-state index in [0.717, 1.165) is 19.8 Å². The minimum atomic E-state index is 0.245. The molecule has 0 spiro atoms. The van der Waals surface area contributed by atoms with Crippen molar-refractivity contribution < 1.29 is 9.84 Å². The van der Waals surface area contributed by atoms with Gasteiger partial charge in [0.15, 0.2) is 0 Å². The van der Waals surface area contributed by atoms with Crippen molar-refractivity contribution in [3.05, 3.63) is 0 Å². The van der Waals surface area contributed by atoms with Gasteiger partial charge in [-0.3, -0.25) is 4.90 Å². The molecule has 0 aromatic rings. The number of hydrogen-bond donors (Lipinski definition) is 1. The molecule has 66 valence electrons. The molecule has 0 saturated carbocycles. The second-order valence-corrected chi connectivity index (χ2v) is 3.20. The Balaban J connectivity index is 2.41. The van der Waals surface area contributed by atoms with Crippen LogP contribution in [0.15, 0.2) is 0 Å². The van der Waals surface area contributed by atoms with Crippen LogP contribution in [0.1, 0.15) is 13.8 Å². The van der Waals surface area contributed by atoms with Crippen LogP contribution in [0.5, 0.6) is 0 Å². The number of rotatable bonds is 2. The predicted octanol–water partition coefficient (Wildman–Crippen LogP) is 0.0879. The van der Waals surface area contributed by atoms with Crippen LogP contribution < -0.4 is 0 Å². The van der Waals surface area contributed by atoms with Gasteiger partial charge >= 0.3 is 0 Å². The SMILES string of the molecule is CC1COCC(C)N1CCO. The summed E-state index contributed by atoms with van der Waals surface area (Å²) in [5, 5.41) is 8.77. The molecule has 3 heteroatoms. The van der Waals surface area contributed by atoms with E-state index in [2.05, 4.69) is 18.7 Å². The Hall–Kier alpha value is -0.120. The first-order valence-electron chi connectivity index (χ1n) is 4.20. The van der Waals surface area contributed by atoms with Crippen molar-refractivity contribution in [3.8, 4) is 0 Å². The third-order valence-electron chi connectivity index (χ3n) is 2.21. The highest BCUT2D eigenvalue weighted by Gasteiger charge is 2.24. The molecule has 1 aliphatic rings. The highest BCUT2D eigenvalue weighted by atomic mass is 16.5. The predicted molar refractivity (Wildman–Crippen MR) is 43.5 cm³/mol. The molecule has 2 atom stereocenters. The standard InChI is InChI=1S/C8H17NO2/c1-7-5-11-6-8(2)9(7)3-4-10/h7-8,10H,3-6H2,1-2H3. The molecule has 3 nitrogen and oxygen atoms in total. The first kappa shape index (κ1) is 8.97. The maximum atomic E-state index is 8.77. The molecule has 1 N–H and O–H groups in total. The van der Waals surface area contributed by atoms with Crippen LogP contribution in [-0.4, -0.2) is 48.5 Å². The fourth-order valence-corrected chi connectivity index (χ4v) is 1.59. The quantitative estimate of drug-likeness (QED) is 0.619. The molecule has 1 saturated heterocycles. The maximum Gasteiger partial charge on any atom is 0.0620 e. The van der Waals surface area contributed by atoms with Crippen molar-refractivity contribution in [2.45, 2.75) is 25.9 Å². The van der Waals surface area contributed by atoms with E-state index < -0.39 is 0 Å². The fourth-order valence-electron chi connectivity index (χ4n) is 1.59. The van der Waals surface area contributed by atoms with Crippen LogP contribution in [0.2, 0.25) is 0 Å². The van der Waals surface area contributed by atoms with Crippen LogP contribution in [0.3, 0.4) is 0 Å². The summed E-state index contributed by atoms with van der Waals surface area (Å²) in [6.45, 7) is 6.87. The first-order chi connectivity index (χ1) is 5.25. The van der Waals surface area contributed by atoms with E-state index in [1.165, 1.54) is 0 Å². The number of aliphatic hydroxyl groups excluding tert-OH is 1. The Morgan fingerprint density at radius 3 is 2.36 bits per heavy atom. The molecule has 1 rings (SSSR count). The van der Waals surface area contributed by atoms with Gasteiger partial charge in [0.2, 0.25) is 0 Å². The fraction of sp³-hybridized carbons (Fsp3) is 1.00. The van der Waals surface area contributed by atoms with Crippen LogP contribution in [0, 0.1) is 0 Å². The highest BCUT2D eigenvalue weighted by molar-refractivity contribution is 4.76. The average molecular weight is 159 g/mol. The van der Waals surface area contributed by atoms with Gasteiger partial charge in [-0.05, 0) is 13.8 Å². The summed E-state index contributed by atoms with van der Waals surface area (Å²) in [7, 11) is 0. The van der Waals surface area contributed by atoms with Crippen LogP contribution in [0.25, 0.3) is 0 Å². The summed E-state index contributed by atoms with van der Waals surface area (Å²) in [4.78, 5) is 2.28.